The van der Waals surface area contributed by atoms with E-state index in [0.717, 1.165) is 36.1 Å². The van der Waals surface area contributed by atoms with Gasteiger partial charge >= 0.3 is 6.03 Å². The number of hydrogen-bond acceptors (Lipinski definition) is 3. The van der Waals surface area contributed by atoms with E-state index in [1.165, 1.54) is 0 Å². The topological polar surface area (TPSA) is 69.7 Å². The number of nitrogens with one attached hydrogen (secondary N) is 1. The first-order valence-corrected chi connectivity index (χ1v) is 10.2. The van der Waals surface area contributed by atoms with E-state index >= 15 is 0 Å². The largest absolute Gasteiger partial charge is 0.332 e. The summed E-state index contributed by atoms with van der Waals surface area (Å²) in [6.07, 6.45) is 5.34. The van der Waals surface area contributed by atoms with Gasteiger partial charge in [0.05, 0.1) is 0 Å². The molecule has 1 heterocycles. The fourth-order valence-electron chi connectivity index (χ4n) is 4.18. The summed E-state index contributed by atoms with van der Waals surface area (Å²) in [5.74, 6) is -0.452. The monoisotopic (exact) mass is 385 g/mol. The van der Waals surface area contributed by atoms with Crippen molar-refractivity contribution in [1.29, 1.82) is 0 Å². The second-order valence-corrected chi connectivity index (χ2v) is 8.95. The first kappa shape index (κ1) is 20.4. The molecule has 6 heteroatoms. The first-order chi connectivity index (χ1) is 13.2. The van der Waals surface area contributed by atoms with E-state index in [2.05, 4.69) is 5.32 Å². The average molecular weight is 386 g/mol. The minimum atomic E-state index is -0.806. The molecule has 2 aliphatic rings. The summed E-state index contributed by atoms with van der Waals surface area (Å²) in [5.41, 5.74) is -0.213. The number of hydrogen-bond donors (Lipinski definition) is 1. The van der Waals surface area contributed by atoms with E-state index in [1.54, 1.807) is 4.90 Å². The lowest BCUT2D eigenvalue weighted by Gasteiger charge is -2.36. The van der Waals surface area contributed by atoms with Crippen molar-refractivity contribution in [3.8, 4) is 0 Å². The fourth-order valence-corrected chi connectivity index (χ4v) is 4.18. The van der Waals surface area contributed by atoms with E-state index < -0.39 is 17.1 Å². The number of carbonyl (C=O) groups excluding carboxylic acids is 3. The molecule has 28 heavy (non-hydrogen) atoms. The Labute approximate surface area is 167 Å². The molecule has 4 amide bonds. The standard InChI is InChI=1S/C22H31N3O3/c1-21(2,3)25(15-17-11-7-6-8-12-17)18(26)16-24-19(27)22(23-20(24)28)13-9-4-5-10-14-22/h6-8,11-12H,4-5,9-10,13-16H2,1-3H3,(H,23,28). The first-order valence-electron chi connectivity index (χ1n) is 10.2. The molecular weight excluding hydrogens is 354 g/mol. The van der Waals surface area contributed by atoms with Crippen molar-refractivity contribution in [3.05, 3.63) is 35.9 Å². The summed E-state index contributed by atoms with van der Waals surface area (Å²) in [5, 5.41) is 2.91. The molecule has 1 spiro atoms. The van der Waals surface area contributed by atoms with Crippen LogP contribution in [0, 0.1) is 0 Å². The number of amides is 4. The Bertz CT molecular complexity index is 731. The summed E-state index contributed by atoms with van der Waals surface area (Å²) < 4.78 is 0. The average Bonchev–Trinajstić information content (AvgIpc) is 2.81. The lowest BCUT2D eigenvalue weighted by atomic mass is 9.90. The molecule has 1 aromatic rings. The van der Waals surface area contributed by atoms with Gasteiger partial charge in [0.25, 0.3) is 5.91 Å². The van der Waals surface area contributed by atoms with Crippen molar-refractivity contribution in [3.63, 3.8) is 0 Å². The number of benzene rings is 1. The van der Waals surface area contributed by atoms with Crippen LogP contribution in [0.2, 0.25) is 0 Å². The third kappa shape index (κ3) is 4.21. The van der Waals surface area contributed by atoms with Gasteiger partial charge in [0.15, 0.2) is 0 Å². The Morgan fingerprint density at radius 2 is 1.68 bits per heavy atom. The minimum absolute atomic E-state index is 0.212. The van der Waals surface area contributed by atoms with Gasteiger partial charge in [-0.2, -0.15) is 0 Å². The second kappa shape index (κ2) is 7.94. The normalized spacial score (nSPS) is 19.5. The highest BCUT2D eigenvalue weighted by molar-refractivity contribution is 6.09. The molecule has 1 saturated heterocycles. The number of imide groups is 1. The highest BCUT2D eigenvalue weighted by atomic mass is 16.2. The van der Waals surface area contributed by atoms with Crippen LogP contribution < -0.4 is 5.32 Å². The molecule has 0 unspecified atom stereocenters. The number of urea groups is 1. The predicted octanol–water partition coefficient (Wildman–Crippen LogP) is 3.46. The Morgan fingerprint density at radius 3 is 2.25 bits per heavy atom. The van der Waals surface area contributed by atoms with Gasteiger partial charge < -0.3 is 10.2 Å². The van der Waals surface area contributed by atoms with Gasteiger partial charge in [-0.3, -0.25) is 14.5 Å². The SMILES string of the molecule is CC(C)(C)N(Cc1ccccc1)C(=O)CN1C(=O)NC2(CCCCCC2)C1=O. The highest BCUT2D eigenvalue weighted by Crippen LogP contribution is 2.33. The van der Waals surface area contributed by atoms with Crippen LogP contribution in [-0.4, -0.2) is 45.3 Å². The van der Waals surface area contributed by atoms with Crippen molar-refractivity contribution < 1.29 is 14.4 Å². The lowest BCUT2D eigenvalue weighted by Crippen LogP contribution is -2.51. The Morgan fingerprint density at radius 1 is 1.07 bits per heavy atom. The maximum absolute atomic E-state index is 13.1. The molecule has 1 aromatic carbocycles. The molecule has 6 nitrogen and oxygen atoms in total. The summed E-state index contributed by atoms with van der Waals surface area (Å²) in [6, 6.07) is 9.32. The molecule has 1 aliphatic heterocycles. The summed E-state index contributed by atoms with van der Waals surface area (Å²) in [7, 11) is 0. The van der Waals surface area contributed by atoms with Gasteiger partial charge in [0, 0.05) is 12.1 Å². The zero-order chi connectivity index (χ0) is 20.4. The maximum atomic E-state index is 13.1. The van der Waals surface area contributed by atoms with Gasteiger partial charge in [-0.25, -0.2) is 4.79 Å². The van der Waals surface area contributed by atoms with Crippen molar-refractivity contribution in [2.75, 3.05) is 6.54 Å². The molecule has 2 fully saturated rings. The van der Waals surface area contributed by atoms with Crippen LogP contribution in [0.4, 0.5) is 4.79 Å². The predicted molar refractivity (Wildman–Crippen MR) is 107 cm³/mol. The van der Waals surface area contributed by atoms with Gasteiger partial charge in [-0.05, 0) is 39.2 Å². The maximum Gasteiger partial charge on any atom is 0.325 e. The lowest BCUT2D eigenvalue weighted by molar-refractivity contribution is -0.142. The molecule has 1 aliphatic carbocycles. The third-order valence-electron chi connectivity index (χ3n) is 5.79. The number of rotatable bonds is 4. The molecule has 3 rings (SSSR count). The van der Waals surface area contributed by atoms with Crippen LogP contribution in [0.15, 0.2) is 30.3 Å². The Hall–Kier alpha value is -2.37. The van der Waals surface area contributed by atoms with Crippen molar-refractivity contribution in [2.45, 2.75) is 76.9 Å². The van der Waals surface area contributed by atoms with E-state index in [9.17, 15) is 14.4 Å². The van der Waals surface area contributed by atoms with E-state index in [-0.39, 0.29) is 18.4 Å². The van der Waals surface area contributed by atoms with Crippen LogP contribution in [0.3, 0.4) is 0 Å². The summed E-state index contributed by atoms with van der Waals surface area (Å²) in [6.45, 7) is 6.13. The molecule has 152 valence electrons. The van der Waals surface area contributed by atoms with Crippen LogP contribution in [0.25, 0.3) is 0 Å². The zero-order valence-electron chi connectivity index (χ0n) is 17.2. The van der Waals surface area contributed by atoms with Crippen molar-refractivity contribution >= 4 is 17.8 Å². The van der Waals surface area contributed by atoms with Gasteiger partial charge in [0.1, 0.15) is 12.1 Å². The minimum Gasteiger partial charge on any atom is -0.332 e. The van der Waals surface area contributed by atoms with Crippen LogP contribution in [0.5, 0.6) is 0 Å². The third-order valence-corrected chi connectivity index (χ3v) is 5.79. The van der Waals surface area contributed by atoms with Crippen LogP contribution in [0.1, 0.15) is 64.9 Å². The van der Waals surface area contributed by atoms with E-state index in [1.807, 2.05) is 51.1 Å². The van der Waals surface area contributed by atoms with E-state index in [4.69, 9.17) is 0 Å². The fraction of sp³-hybridized carbons (Fsp3) is 0.591. The molecular formula is C22H31N3O3. The number of nitrogens with zero attached hydrogens (tertiary/aromatic N) is 2. The zero-order valence-corrected chi connectivity index (χ0v) is 17.2. The van der Waals surface area contributed by atoms with Crippen molar-refractivity contribution in [2.24, 2.45) is 0 Å². The molecule has 0 aromatic heterocycles. The van der Waals surface area contributed by atoms with Crippen molar-refractivity contribution in [1.82, 2.24) is 15.1 Å². The smallest absolute Gasteiger partial charge is 0.325 e. The second-order valence-electron chi connectivity index (χ2n) is 8.95. The molecule has 1 saturated carbocycles. The summed E-state index contributed by atoms with van der Waals surface area (Å²) in [4.78, 5) is 41.6. The van der Waals surface area contributed by atoms with Crippen LogP contribution >= 0.6 is 0 Å². The Kier molecular flexibility index (Phi) is 5.77. The number of carbonyl (C=O) groups is 3. The molecule has 0 radical (unpaired) electrons. The van der Waals surface area contributed by atoms with E-state index in [0.29, 0.717) is 19.4 Å². The molecule has 0 atom stereocenters. The Balaban J connectivity index is 1.75. The van der Waals surface area contributed by atoms with Crippen LogP contribution in [-0.2, 0) is 16.1 Å². The quantitative estimate of drug-likeness (QED) is 0.807. The van der Waals surface area contributed by atoms with Gasteiger partial charge in [-0.15, -0.1) is 0 Å². The molecule has 1 N–H and O–H groups in total. The van der Waals surface area contributed by atoms with Gasteiger partial charge in [0.2, 0.25) is 5.91 Å². The molecule has 0 bridgehead atoms. The van der Waals surface area contributed by atoms with Gasteiger partial charge in [-0.1, -0.05) is 56.0 Å². The highest BCUT2D eigenvalue weighted by Gasteiger charge is 2.51. The summed E-state index contributed by atoms with van der Waals surface area (Å²) >= 11 is 0.